The van der Waals surface area contributed by atoms with Gasteiger partial charge in [0.15, 0.2) is 0 Å². The lowest BCUT2D eigenvalue weighted by Gasteiger charge is -2.23. The van der Waals surface area contributed by atoms with Crippen LogP contribution in [-0.4, -0.2) is 29.8 Å². The number of halogens is 1. The maximum atomic E-state index is 11.7. The van der Waals surface area contributed by atoms with Crippen LogP contribution < -0.4 is 5.32 Å². The van der Waals surface area contributed by atoms with Crippen LogP contribution in [0.4, 0.5) is 0 Å². The fraction of sp³-hybridized carbons (Fsp3) is 0.900. The molecule has 0 radical (unpaired) electrons. The highest BCUT2D eigenvalue weighted by molar-refractivity contribution is 7.98. The molecule has 84 valence electrons. The molecule has 0 aromatic rings. The zero-order valence-corrected chi connectivity index (χ0v) is 11.0. The molecule has 0 saturated heterocycles. The summed E-state index contributed by atoms with van der Waals surface area (Å²) in [5, 5.41) is 2.97. The summed E-state index contributed by atoms with van der Waals surface area (Å²) in [5.41, 5.74) is -0.463. The number of thioether (sulfide) groups is 1. The van der Waals surface area contributed by atoms with E-state index in [0.29, 0.717) is 5.88 Å². The second-order valence-corrected chi connectivity index (χ2v) is 5.43. The van der Waals surface area contributed by atoms with Crippen molar-refractivity contribution in [1.82, 2.24) is 5.32 Å². The van der Waals surface area contributed by atoms with Gasteiger partial charge in [0.2, 0.25) is 5.91 Å². The van der Waals surface area contributed by atoms with Crippen molar-refractivity contribution >= 4 is 29.3 Å². The number of rotatable bonds is 6. The van der Waals surface area contributed by atoms with Crippen molar-refractivity contribution in [3.05, 3.63) is 0 Å². The number of hydrogen-bond donors (Lipinski definition) is 1. The molecular weight excluding hydrogens is 218 g/mol. The van der Waals surface area contributed by atoms with E-state index in [1.807, 2.05) is 20.8 Å². The molecule has 1 atom stereocenters. The molecule has 1 unspecified atom stereocenters. The van der Waals surface area contributed by atoms with Crippen LogP contribution >= 0.6 is 23.4 Å². The third-order valence-corrected chi connectivity index (χ3v) is 3.39. The minimum absolute atomic E-state index is 0.0427. The van der Waals surface area contributed by atoms with E-state index in [4.69, 9.17) is 11.6 Å². The van der Waals surface area contributed by atoms with E-state index in [1.165, 1.54) is 0 Å². The lowest BCUT2D eigenvalue weighted by molar-refractivity contribution is -0.128. The van der Waals surface area contributed by atoms with Crippen molar-refractivity contribution in [3.8, 4) is 0 Å². The van der Waals surface area contributed by atoms with E-state index in [0.717, 1.165) is 12.2 Å². The van der Waals surface area contributed by atoms with Crippen molar-refractivity contribution in [2.75, 3.05) is 17.9 Å². The summed E-state index contributed by atoms with van der Waals surface area (Å²) in [6.07, 6.45) is 3.07. The Morgan fingerprint density at radius 1 is 1.57 bits per heavy atom. The van der Waals surface area contributed by atoms with E-state index in [-0.39, 0.29) is 11.9 Å². The number of carbonyl (C=O) groups is 1. The number of carbonyl (C=O) groups excluding carboxylic acids is 1. The van der Waals surface area contributed by atoms with Gasteiger partial charge in [0.05, 0.1) is 5.41 Å². The average Bonchev–Trinajstić information content (AvgIpc) is 2.14. The molecule has 0 spiro atoms. The van der Waals surface area contributed by atoms with Gasteiger partial charge in [0.25, 0.3) is 0 Å². The van der Waals surface area contributed by atoms with Gasteiger partial charge < -0.3 is 5.32 Å². The molecule has 0 bridgehead atoms. The monoisotopic (exact) mass is 237 g/mol. The quantitative estimate of drug-likeness (QED) is 0.720. The molecule has 0 aromatic heterocycles. The Morgan fingerprint density at radius 3 is 2.57 bits per heavy atom. The number of hydrogen-bond acceptors (Lipinski definition) is 2. The summed E-state index contributed by atoms with van der Waals surface area (Å²) in [6, 6.07) is 0.234. The maximum absolute atomic E-state index is 11.7. The van der Waals surface area contributed by atoms with Gasteiger partial charge in [0.1, 0.15) is 0 Å². The van der Waals surface area contributed by atoms with E-state index >= 15 is 0 Å². The van der Waals surface area contributed by atoms with Crippen LogP contribution in [0.15, 0.2) is 0 Å². The largest absolute Gasteiger partial charge is 0.353 e. The minimum Gasteiger partial charge on any atom is -0.353 e. The summed E-state index contributed by atoms with van der Waals surface area (Å²) in [5.74, 6) is 1.47. The molecule has 0 saturated carbocycles. The zero-order valence-electron chi connectivity index (χ0n) is 9.39. The van der Waals surface area contributed by atoms with Crippen molar-refractivity contribution < 1.29 is 4.79 Å². The summed E-state index contributed by atoms with van der Waals surface area (Å²) < 4.78 is 0. The topological polar surface area (TPSA) is 29.1 Å². The first-order valence-electron chi connectivity index (χ1n) is 4.80. The smallest absolute Gasteiger partial charge is 0.227 e. The van der Waals surface area contributed by atoms with Gasteiger partial charge in [-0.15, -0.1) is 11.6 Å². The summed E-state index contributed by atoms with van der Waals surface area (Å²) >= 11 is 7.50. The first-order chi connectivity index (χ1) is 6.44. The molecule has 4 heteroatoms. The predicted molar refractivity (Wildman–Crippen MR) is 65.1 cm³/mol. The summed E-state index contributed by atoms with van der Waals surface area (Å²) in [7, 11) is 0. The molecule has 14 heavy (non-hydrogen) atoms. The van der Waals surface area contributed by atoms with Crippen molar-refractivity contribution in [3.63, 3.8) is 0 Å². The fourth-order valence-corrected chi connectivity index (χ4v) is 1.56. The molecule has 0 aliphatic rings. The lowest BCUT2D eigenvalue weighted by Crippen LogP contribution is -2.42. The van der Waals surface area contributed by atoms with Gasteiger partial charge in [-0.1, -0.05) is 0 Å². The number of amides is 1. The van der Waals surface area contributed by atoms with E-state index in [1.54, 1.807) is 11.8 Å². The van der Waals surface area contributed by atoms with E-state index in [9.17, 15) is 4.79 Å². The minimum atomic E-state index is -0.463. The molecular formula is C10H20ClNOS. The van der Waals surface area contributed by atoms with Gasteiger partial charge in [0, 0.05) is 11.9 Å². The molecule has 0 fully saturated rings. The average molecular weight is 238 g/mol. The number of nitrogens with one attached hydrogen (secondary N) is 1. The standard InChI is InChI=1S/C10H20ClNOS/c1-8(5-6-14-4)12-9(13)10(2,3)7-11/h8H,5-7H2,1-4H3,(H,12,13). The normalized spacial score (nSPS) is 13.8. The first-order valence-corrected chi connectivity index (χ1v) is 6.72. The third kappa shape index (κ3) is 5.11. The van der Waals surface area contributed by atoms with Gasteiger partial charge in [-0.2, -0.15) is 11.8 Å². The second kappa shape index (κ2) is 6.57. The van der Waals surface area contributed by atoms with Crippen LogP contribution in [0.1, 0.15) is 27.2 Å². The SMILES string of the molecule is CSCCC(C)NC(=O)C(C)(C)CCl. The van der Waals surface area contributed by atoms with Crippen molar-refractivity contribution in [2.45, 2.75) is 33.2 Å². The third-order valence-electron chi connectivity index (χ3n) is 2.08. The predicted octanol–water partition coefficient (Wildman–Crippen LogP) is 2.51. The Kier molecular flexibility index (Phi) is 6.62. The van der Waals surface area contributed by atoms with Crippen LogP contribution in [0.3, 0.4) is 0 Å². The molecule has 0 aromatic carbocycles. The lowest BCUT2D eigenvalue weighted by atomic mass is 9.95. The van der Waals surface area contributed by atoms with Gasteiger partial charge >= 0.3 is 0 Å². The summed E-state index contributed by atoms with van der Waals surface area (Å²) in [6.45, 7) is 5.74. The molecule has 0 heterocycles. The van der Waals surface area contributed by atoms with Gasteiger partial charge in [-0.05, 0) is 39.2 Å². The van der Waals surface area contributed by atoms with Crippen LogP contribution in [-0.2, 0) is 4.79 Å². The Hall–Kier alpha value is 0.110. The van der Waals surface area contributed by atoms with Gasteiger partial charge in [-0.3, -0.25) is 4.79 Å². The van der Waals surface area contributed by atoms with Crippen LogP contribution in [0.2, 0.25) is 0 Å². The Bertz CT molecular complexity index is 185. The van der Waals surface area contributed by atoms with Crippen LogP contribution in [0.25, 0.3) is 0 Å². The van der Waals surface area contributed by atoms with Crippen molar-refractivity contribution in [1.29, 1.82) is 0 Å². The number of alkyl halides is 1. The van der Waals surface area contributed by atoms with Crippen LogP contribution in [0, 0.1) is 5.41 Å². The summed E-state index contributed by atoms with van der Waals surface area (Å²) in [4.78, 5) is 11.7. The molecule has 0 aliphatic heterocycles. The highest BCUT2D eigenvalue weighted by Crippen LogP contribution is 2.17. The Balaban J connectivity index is 3.93. The maximum Gasteiger partial charge on any atom is 0.227 e. The van der Waals surface area contributed by atoms with E-state index in [2.05, 4.69) is 11.6 Å². The molecule has 1 N–H and O–H groups in total. The molecule has 2 nitrogen and oxygen atoms in total. The Morgan fingerprint density at radius 2 is 2.14 bits per heavy atom. The van der Waals surface area contributed by atoms with Crippen molar-refractivity contribution in [2.24, 2.45) is 5.41 Å². The molecule has 0 aliphatic carbocycles. The fourth-order valence-electron chi connectivity index (χ4n) is 0.847. The highest BCUT2D eigenvalue weighted by atomic mass is 35.5. The van der Waals surface area contributed by atoms with Crippen LogP contribution in [0.5, 0.6) is 0 Å². The second-order valence-electron chi connectivity index (χ2n) is 4.17. The zero-order chi connectivity index (χ0) is 11.2. The molecule has 1 amide bonds. The van der Waals surface area contributed by atoms with E-state index < -0.39 is 5.41 Å². The Labute approximate surface area is 96.2 Å². The highest BCUT2D eigenvalue weighted by Gasteiger charge is 2.27. The first kappa shape index (κ1) is 14.1. The van der Waals surface area contributed by atoms with Gasteiger partial charge in [-0.25, -0.2) is 0 Å². The molecule has 0 rings (SSSR count).